The van der Waals surface area contributed by atoms with Crippen molar-refractivity contribution < 1.29 is 9.53 Å². The average molecular weight is 467 g/mol. The Morgan fingerprint density at radius 3 is 2.41 bits per heavy atom. The summed E-state index contributed by atoms with van der Waals surface area (Å²) in [5.41, 5.74) is 3.00. The van der Waals surface area contributed by atoms with Crippen molar-refractivity contribution in [1.29, 1.82) is 0 Å². The van der Waals surface area contributed by atoms with Crippen LogP contribution < -0.4 is 10.1 Å². The van der Waals surface area contributed by atoms with Crippen LogP contribution in [0.1, 0.15) is 23.1 Å². The molecule has 0 bridgehead atoms. The van der Waals surface area contributed by atoms with Gasteiger partial charge in [0.05, 0.1) is 12.3 Å². The Labute approximate surface area is 195 Å². The first-order chi connectivity index (χ1) is 15.4. The minimum atomic E-state index is -0.440. The number of ether oxygens (including phenoxy) is 1. The standard InChI is InChI=1S/C24H20Cl2N4O2/c1-3-32-20-12-10-19(11-13-20)30-23(16-5-7-17(25)8-6-16)28-22(29-30)24(31)27-18-9-4-15(2)21(26)14-18/h4-14H,3H2,1-2H3,(H,27,31). The van der Waals surface area contributed by atoms with Crippen molar-refractivity contribution in [2.75, 3.05) is 11.9 Å². The molecule has 1 aromatic heterocycles. The lowest BCUT2D eigenvalue weighted by atomic mass is 10.2. The van der Waals surface area contributed by atoms with E-state index in [-0.39, 0.29) is 5.82 Å². The predicted molar refractivity (Wildman–Crippen MR) is 127 cm³/mol. The molecule has 162 valence electrons. The number of aryl methyl sites for hydroxylation is 1. The first kappa shape index (κ1) is 21.9. The van der Waals surface area contributed by atoms with Crippen LogP contribution in [0.15, 0.2) is 66.7 Å². The molecule has 0 saturated carbocycles. The van der Waals surface area contributed by atoms with Gasteiger partial charge in [-0.1, -0.05) is 29.3 Å². The lowest BCUT2D eigenvalue weighted by Crippen LogP contribution is -2.14. The fraction of sp³-hybridized carbons (Fsp3) is 0.125. The van der Waals surface area contributed by atoms with Gasteiger partial charge >= 0.3 is 0 Å². The summed E-state index contributed by atoms with van der Waals surface area (Å²) in [6.07, 6.45) is 0. The lowest BCUT2D eigenvalue weighted by molar-refractivity contribution is 0.101. The number of nitrogens with one attached hydrogen (secondary N) is 1. The number of benzene rings is 3. The number of carbonyl (C=O) groups is 1. The third-order valence-electron chi connectivity index (χ3n) is 4.73. The molecule has 3 aromatic carbocycles. The summed E-state index contributed by atoms with van der Waals surface area (Å²) in [7, 11) is 0. The third-order valence-corrected chi connectivity index (χ3v) is 5.39. The van der Waals surface area contributed by atoms with Crippen LogP contribution in [0.2, 0.25) is 10.0 Å². The molecule has 6 nitrogen and oxygen atoms in total. The summed E-state index contributed by atoms with van der Waals surface area (Å²) in [4.78, 5) is 17.4. The SMILES string of the molecule is CCOc1ccc(-n2nc(C(=O)Nc3ccc(C)c(Cl)c3)nc2-c2ccc(Cl)cc2)cc1. The number of anilines is 1. The number of hydrogen-bond acceptors (Lipinski definition) is 4. The van der Waals surface area contributed by atoms with Gasteiger partial charge in [0.15, 0.2) is 5.82 Å². The number of halogens is 2. The van der Waals surface area contributed by atoms with E-state index in [4.69, 9.17) is 27.9 Å². The summed E-state index contributed by atoms with van der Waals surface area (Å²) in [5, 5.41) is 8.45. The maximum Gasteiger partial charge on any atom is 0.295 e. The molecule has 0 saturated heterocycles. The zero-order chi connectivity index (χ0) is 22.7. The summed E-state index contributed by atoms with van der Waals surface area (Å²) >= 11 is 12.2. The summed E-state index contributed by atoms with van der Waals surface area (Å²) in [5.74, 6) is 0.849. The maximum atomic E-state index is 12.9. The molecule has 8 heteroatoms. The van der Waals surface area contributed by atoms with E-state index in [0.29, 0.717) is 28.2 Å². The van der Waals surface area contributed by atoms with Crippen LogP contribution in [-0.4, -0.2) is 27.3 Å². The van der Waals surface area contributed by atoms with Gasteiger partial charge in [-0.25, -0.2) is 9.67 Å². The molecule has 0 unspecified atom stereocenters. The number of nitrogens with zero attached hydrogens (tertiary/aromatic N) is 3. The zero-order valence-electron chi connectivity index (χ0n) is 17.5. The lowest BCUT2D eigenvalue weighted by Gasteiger charge is -2.08. The molecule has 4 rings (SSSR count). The van der Waals surface area contributed by atoms with Crippen molar-refractivity contribution in [3.8, 4) is 22.8 Å². The highest BCUT2D eigenvalue weighted by molar-refractivity contribution is 6.31. The highest BCUT2D eigenvalue weighted by atomic mass is 35.5. The summed E-state index contributed by atoms with van der Waals surface area (Å²) in [6, 6.07) is 19.9. The van der Waals surface area contributed by atoms with E-state index in [2.05, 4.69) is 15.4 Å². The Hall–Kier alpha value is -3.35. The Kier molecular flexibility index (Phi) is 6.44. The van der Waals surface area contributed by atoms with Crippen LogP contribution in [-0.2, 0) is 0 Å². The molecule has 0 atom stereocenters. The molecule has 0 aliphatic carbocycles. The van der Waals surface area contributed by atoms with E-state index in [1.54, 1.807) is 28.9 Å². The Balaban J connectivity index is 1.72. The van der Waals surface area contributed by atoms with E-state index in [0.717, 1.165) is 22.6 Å². The van der Waals surface area contributed by atoms with Crippen LogP contribution in [0.3, 0.4) is 0 Å². The fourth-order valence-corrected chi connectivity index (χ4v) is 3.39. The minimum Gasteiger partial charge on any atom is -0.494 e. The van der Waals surface area contributed by atoms with Crippen molar-refractivity contribution in [2.24, 2.45) is 0 Å². The van der Waals surface area contributed by atoms with Crippen LogP contribution in [0.4, 0.5) is 5.69 Å². The van der Waals surface area contributed by atoms with Gasteiger partial charge < -0.3 is 10.1 Å². The topological polar surface area (TPSA) is 69.0 Å². The monoisotopic (exact) mass is 466 g/mol. The van der Waals surface area contributed by atoms with Crippen molar-refractivity contribution in [3.05, 3.63) is 88.2 Å². The maximum absolute atomic E-state index is 12.9. The molecule has 0 radical (unpaired) electrons. The van der Waals surface area contributed by atoms with E-state index < -0.39 is 5.91 Å². The van der Waals surface area contributed by atoms with Gasteiger partial charge in [0.1, 0.15) is 5.75 Å². The minimum absolute atomic E-state index is 0.0283. The van der Waals surface area contributed by atoms with Crippen LogP contribution in [0, 0.1) is 6.92 Å². The molecule has 0 fully saturated rings. The van der Waals surface area contributed by atoms with E-state index in [9.17, 15) is 4.79 Å². The van der Waals surface area contributed by atoms with E-state index in [1.165, 1.54) is 0 Å². The molecule has 0 spiro atoms. The van der Waals surface area contributed by atoms with Gasteiger partial charge in [0.2, 0.25) is 5.82 Å². The zero-order valence-corrected chi connectivity index (χ0v) is 19.0. The molecule has 0 aliphatic rings. The Bertz CT molecular complexity index is 1250. The first-order valence-electron chi connectivity index (χ1n) is 9.98. The van der Waals surface area contributed by atoms with Crippen LogP contribution in [0.25, 0.3) is 17.1 Å². The summed E-state index contributed by atoms with van der Waals surface area (Å²) < 4.78 is 7.14. The largest absolute Gasteiger partial charge is 0.494 e. The summed E-state index contributed by atoms with van der Waals surface area (Å²) in [6.45, 7) is 4.40. The van der Waals surface area contributed by atoms with Crippen LogP contribution >= 0.6 is 23.2 Å². The number of carbonyl (C=O) groups excluding carboxylic acids is 1. The smallest absolute Gasteiger partial charge is 0.295 e. The molecule has 0 aliphatic heterocycles. The van der Waals surface area contributed by atoms with E-state index in [1.807, 2.05) is 56.3 Å². The highest BCUT2D eigenvalue weighted by Crippen LogP contribution is 2.25. The highest BCUT2D eigenvalue weighted by Gasteiger charge is 2.19. The van der Waals surface area contributed by atoms with Crippen molar-refractivity contribution in [2.45, 2.75) is 13.8 Å². The number of amides is 1. The second kappa shape index (κ2) is 9.42. The second-order valence-corrected chi connectivity index (χ2v) is 7.87. The van der Waals surface area contributed by atoms with Gasteiger partial charge in [-0.3, -0.25) is 4.79 Å². The van der Waals surface area contributed by atoms with Crippen molar-refractivity contribution in [3.63, 3.8) is 0 Å². The molecule has 1 amide bonds. The predicted octanol–water partition coefficient (Wildman–Crippen LogP) is 6.20. The molecule has 1 N–H and O–H groups in total. The number of aromatic nitrogens is 3. The molecular formula is C24H20Cl2N4O2. The first-order valence-corrected chi connectivity index (χ1v) is 10.7. The van der Waals surface area contributed by atoms with Gasteiger partial charge in [-0.15, -0.1) is 5.10 Å². The van der Waals surface area contributed by atoms with E-state index >= 15 is 0 Å². The van der Waals surface area contributed by atoms with Crippen molar-refractivity contribution in [1.82, 2.24) is 14.8 Å². The normalized spacial score (nSPS) is 10.8. The molecule has 1 heterocycles. The van der Waals surface area contributed by atoms with Gasteiger partial charge in [-0.2, -0.15) is 0 Å². The Morgan fingerprint density at radius 2 is 1.75 bits per heavy atom. The molecule has 4 aromatic rings. The second-order valence-electron chi connectivity index (χ2n) is 7.02. The third kappa shape index (κ3) is 4.77. The van der Waals surface area contributed by atoms with Gasteiger partial charge in [0, 0.05) is 21.3 Å². The number of hydrogen-bond donors (Lipinski definition) is 1. The fourth-order valence-electron chi connectivity index (χ4n) is 3.08. The van der Waals surface area contributed by atoms with Crippen LogP contribution in [0.5, 0.6) is 5.75 Å². The van der Waals surface area contributed by atoms with Gasteiger partial charge in [0.25, 0.3) is 5.91 Å². The van der Waals surface area contributed by atoms with Crippen molar-refractivity contribution >= 4 is 34.8 Å². The molecular weight excluding hydrogens is 447 g/mol. The quantitative estimate of drug-likeness (QED) is 0.367. The van der Waals surface area contributed by atoms with Gasteiger partial charge in [-0.05, 0) is 80.1 Å². The average Bonchev–Trinajstić information content (AvgIpc) is 3.23. The number of rotatable bonds is 6. The molecule has 32 heavy (non-hydrogen) atoms. The Morgan fingerprint density at radius 1 is 1.03 bits per heavy atom.